The summed E-state index contributed by atoms with van der Waals surface area (Å²) in [6.45, 7) is 4.96. The van der Waals surface area contributed by atoms with Gasteiger partial charge in [0.15, 0.2) is 0 Å². The van der Waals surface area contributed by atoms with Crippen molar-refractivity contribution < 1.29 is 14.4 Å². The van der Waals surface area contributed by atoms with Crippen LogP contribution in [0.4, 0.5) is 0 Å². The van der Waals surface area contributed by atoms with Crippen LogP contribution in [0.1, 0.15) is 27.6 Å². The molecular formula is C18H26N4O3. The van der Waals surface area contributed by atoms with Gasteiger partial charge in [0.05, 0.1) is 0 Å². The number of nitrogens with one attached hydrogen (secondary N) is 1. The first-order chi connectivity index (χ1) is 11.9. The highest BCUT2D eigenvalue weighted by atomic mass is 16.2. The number of hydrogen-bond donors (Lipinski definition) is 1. The van der Waals surface area contributed by atoms with Gasteiger partial charge in [-0.2, -0.15) is 0 Å². The van der Waals surface area contributed by atoms with Gasteiger partial charge >= 0.3 is 0 Å². The number of carbonyl (C=O) groups excluding carboxylic acids is 3. The maximum Gasteiger partial charge on any atom is 0.253 e. The van der Waals surface area contributed by atoms with E-state index in [1.54, 1.807) is 34.1 Å². The Morgan fingerprint density at radius 1 is 1.04 bits per heavy atom. The monoisotopic (exact) mass is 346 g/mol. The molecule has 1 heterocycles. The molecule has 1 saturated heterocycles. The Labute approximate surface area is 148 Å². The number of amides is 3. The molecule has 0 unspecified atom stereocenters. The van der Waals surface area contributed by atoms with Crippen molar-refractivity contribution in [1.82, 2.24) is 20.0 Å². The number of rotatable bonds is 5. The van der Waals surface area contributed by atoms with E-state index in [2.05, 4.69) is 5.32 Å². The molecule has 1 aliphatic heterocycles. The summed E-state index contributed by atoms with van der Waals surface area (Å²) in [5.74, 6) is -0.257. The fourth-order valence-corrected chi connectivity index (χ4v) is 2.70. The summed E-state index contributed by atoms with van der Waals surface area (Å²) in [6, 6.07) is 6.77. The van der Waals surface area contributed by atoms with E-state index in [0.29, 0.717) is 43.9 Å². The minimum absolute atomic E-state index is 0.0310. The van der Waals surface area contributed by atoms with Gasteiger partial charge in [0, 0.05) is 57.3 Å². The zero-order chi connectivity index (χ0) is 18.4. The predicted molar refractivity (Wildman–Crippen MR) is 95.5 cm³/mol. The molecule has 0 aromatic heterocycles. The number of likely N-dealkylation sites (N-methyl/N-ethyl adjacent to an activating group) is 1. The molecule has 0 aliphatic carbocycles. The van der Waals surface area contributed by atoms with Crippen molar-refractivity contribution >= 4 is 17.7 Å². The summed E-state index contributed by atoms with van der Waals surface area (Å²) < 4.78 is 0. The van der Waals surface area contributed by atoms with Gasteiger partial charge in [0.25, 0.3) is 11.8 Å². The second-order valence-corrected chi connectivity index (χ2v) is 6.44. The lowest BCUT2D eigenvalue weighted by Crippen LogP contribution is -2.50. The van der Waals surface area contributed by atoms with Crippen molar-refractivity contribution in [3.63, 3.8) is 0 Å². The summed E-state index contributed by atoms with van der Waals surface area (Å²) in [5.41, 5.74) is 0.975. The van der Waals surface area contributed by atoms with E-state index >= 15 is 0 Å². The number of benzene rings is 1. The van der Waals surface area contributed by atoms with Gasteiger partial charge in [-0.3, -0.25) is 14.4 Å². The minimum Gasteiger partial charge on any atom is -0.351 e. The summed E-state index contributed by atoms with van der Waals surface area (Å²) in [5, 5.41) is 2.84. The minimum atomic E-state index is -0.183. The number of carbonyl (C=O) groups is 3. The lowest BCUT2D eigenvalue weighted by molar-refractivity contribution is -0.130. The molecule has 1 N–H and O–H groups in total. The maximum absolute atomic E-state index is 12.6. The van der Waals surface area contributed by atoms with Gasteiger partial charge in [0.2, 0.25) is 5.91 Å². The third-order valence-corrected chi connectivity index (χ3v) is 4.23. The van der Waals surface area contributed by atoms with Gasteiger partial charge in [-0.1, -0.05) is 6.07 Å². The fourth-order valence-electron chi connectivity index (χ4n) is 2.70. The molecule has 0 radical (unpaired) electrons. The first-order valence-electron chi connectivity index (χ1n) is 8.46. The smallest absolute Gasteiger partial charge is 0.253 e. The van der Waals surface area contributed by atoms with Crippen molar-refractivity contribution in [3.05, 3.63) is 35.4 Å². The SMILES string of the molecule is CC(=O)N1CCN(C(=O)c2cccc(C(=O)NCCN(C)C)c2)CC1. The van der Waals surface area contributed by atoms with E-state index < -0.39 is 0 Å². The zero-order valence-electron chi connectivity index (χ0n) is 15.1. The normalized spacial score (nSPS) is 14.6. The molecule has 7 nitrogen and oxygen atoms in total. The van der Waals surface area contributed by atoms with Crippen LogP contribution in [0.5, 0.6) is 0 Å². The molecule has 2 rings (SSSR count). The van der Waals surface area contributed by atoms with Crippen LogP contribution in [-0.2, 0) is 4.79 Å². The number of nitrogens with zero attached hydrogens (tertiary/aromatic N) is 3. The maximum atomic E-state index is 12.6. The standard InChI is InChI=1S/C18H26N4O3/c1-14(23)21-9-11-22(12-10-21)18(25)16-6-4-5-15(13-16)17(24)19-7-8-20(2)3/h4-6,13H,7-12H2,1-3H3,(H,19,24). The summed E-state index contributed by atoms with van der Waals surface area (Å²) in [4.78, 5) is 41.6. The highest BCUT2D eigenvalue weighted by molar-refractivity contribution is 5.99. The first kappa shape index (κ1) is 18.9. The molecule has 0 saturated carbocycles. The van der Waals surface area contributed by atoms with E-state index in [0.717, 1.165) is 6.54 Å². The largest absolute Gasteiger partial charge is 0.351 e. The molecule has 25 heavy (non-hydrogen) atoms. The van der Waals surface area contributed by atoms with Gasteiger partial charge in [-0.05, 0) is 32.3 Å². The van der Waals surface area contributed by atoms with E-state index in [1.807, 2.05) is 19.0 Å². The van der Waals surface area contributed by atoms with Crippen molar-refractivity contribution in [2.75, 3.05) is 53.4 Å². The average Bonchev–Trinajstić information content (AvgIpc) is 2.61. The van der Waals surface area contributed by atoms with E-state index in [9.17, 15) is 14.4 Å². The van der Waals surface area contributed by atoms with Crippen LogP contribution in [-0.4, -0.2) is 85.8 Å². The van der Waals surface area contributed by atoms with Crippen LogP contribution in [0.15, 0.2) is 24.3 Å². The number of piperazine rings is 1. The second kappa shape index (κ2) is 8.62. The highest BCUT2D eigenvalue weighted by Gasteiger charge is 2.23. The fraction of sp³-hybridized carbons (Fsp3) is 0.500. The molecule has 3 amide bonds. The molecule has 0 spiro atoms. The van der Waals surface area contributed by atoms with Crippen molar-refractivity contribution in [3.8, 4) is 0 Å². The molecule has 7 heteroatoms. The molecule has 0 bridgehead atoms. The van der Waals surface area contributed by atoms with Gasteiger partial charge in [-0.15, -0.1) is 0 Å². The van der Waals surface area contributed by atoms with Gasteiger partial charge in [0.1, 0.15) is 0 Å². The van der Waals surface area contributed by atoms with E-state index in [1.165, 1.54) is 6.92 Å². The Kier molecular flexibility index (Phi) is 6.52. The Bertz CT molecular complexity index is 637. The molecule has 0 atom stereocenters. The van der Waals surface area contributed by atoms with Crippen molar-refractivity contribution in [2.45, 2.75) is 6.92 Å². The van der Waals surface area contributed by atoms with Crippen LogP contribution in [0.25, 0.3) is 0 Å². The van der Waals surface area contributed by atoms with Crippen molar-refractivity contribution in [2.24, 2.45) is 0 Å². The molecule has 1 aromatic carbocycles. The second-order valence-electron chi connectivity index (χ2n) is 6.44. The van der Waals surface area contributed by atoms with Crippen LogP contribution >= 0.6 is 0 Å². The van der Waals surface area contributed by atoms with Crippen LogP contribution in [0.2, 0.25) is 0 Å². The Hall–Kier alpha value is -2.41. The van der Waals surface area contributed by atoms with Gasteiger partial charge < -0.3 is 20.0 Å². The average molecular weight is 346 g/mol. The summed E-state index contributed by atoms with van der Waals surface area (Å²) >= 11 is 0. The Balaban J connectivity index is 1.97. The third-order valence-electron chi connectivity index (χ3n) is 4.23. The molecular weight excluding hydrogens is 320 g/mol. The molecule has 1 fully saturated rings. The van der Waals surface area contributed by atoms with Crippen LogP contribution in [0.3, 0.4) is 0 Å². The zero-order valence-corrected chi connectivity index (χ0v) is 15.1. The van der Waals surface area contributed by atoms with Crippen LogP contribution in [0, 0.1) is 0 Å². The van der Waals surface area contributed by atoms with Gasteiger partial charge in [-0.25, -0.2) is 0 Å². The summed E-state index contributed by atoms with van der Waals surface area (Å²) in [6.07, 6.45) is 0. The quantitative estimate of drug-likeness (QED) is 0.831. The topological polar surface area (TPSA) is 73.0 Å². The third kappa shape index (κ3) is 5.29. The Morgan fingerprint density at radius 2 is 1.64 bits per heavy atom. The van der Waals surface area contributed by atoms with Crippen molar-refractivity contribution in [1.29, 1.82) is 0 Å². The predicted octanol–water partition coefficient (Wildman–Crippen LogP) is 0.282. The molecule has 136 valence electrons. The molecule has 1 aliphatic rings. The summed E-state index contributed by atoms with van der Waals surface area (Å²) in [7, 11) is 3.88. The number of hydrogen-bond acceptors (Lipinski definition) is 4. The Morgan fingerprint density at radius 3 is 2.24 bits per heavy atom. The lowest BCUT2D eigenvalue weighted by atomic mass is 10.1. The highest BCUT2D eigenvalue weighted by Crippen LogP contribution is 2.11. The van der Waals surface area contributed by atoms with E-state index in [4.69, 9.17) is 0 Å². The molecule has 1 aromatic rings. The lowest BCUT2D eigenvalue weighted by Gasteiger charge is -2.34. The van der Waals surface area contributed by atoms with Crippen LogP contribution < -0.4 is 5.32 Å². The first-order valence-corrected chi connectivity index (χ1v) is 8.46. The van der Waals surface area contributed by atoms with E-state index in [-0.39, 0.29) is 17.7 Å².